The molecule has 27 heavy (non-hydrogen) atoms. The van der Waals surface area contributed by atoms with Crippen LogP contribution in [0.25, 0.3) is 10.6 Å². The molecule has 5 nitrogen and oxygen atoms in total. The summed E-state index contributed by atoms with van der Waals surface area (Å²) in [5.41, 5.74) is 4.65. The summed E-state index contributed by atoms with van der Waals surface area (Å²) in [6.07, 6.45) is 0.247. The third-order valence-electron chi connectivity index (χ3n) is 4.83. The monoisotopic (exact) mass is 379 g/mol. The topological polar surface area (TPSA) is 65.5 Å². The second-order valence-electron chi connectivity index (χ2n) is 6.69. The lowest BCUT2D eigenvalue weighted by Gasteiger charge is -2.15. The van der Waals surface area contributed by atoms with Gasteiger partial charge >= 0.3 is 0 Å². The van der Waals surface area contributed by atoms with E-state index in [0.717, 1.165) is 29.1 Å². The van der Waals surface area contributed by atoms with Gasteiger partial charge in [0.15, 0.2) is 0 Å². The molecule has 1 aliphatic heterocycles. The van der Waals surface area contributed by atoms with E-state index >= 15 is 0 Å². The van der Waals surface area contributed by atoms with Gasteiger partial charge in [0.2, 0.25) is 0 Å². The van der Waals surface area contributed by atoms with Crippen molar-refractivity contribution in [3.05, 3.63) is 70.7 Å². The van der Waals surface area contributed by atoms with Crippen molar-refractivity contribution in [3.8, 4) is 10.6 Å². The molecule has 1 atom stereocenters. The maximum Gasteiger partial charge on any atom is 0.270 e. The standard InChI is InChI=1S/C21H21N3O2S/c1-24-10-9-15-11-16(7-8-18(15)24)19(25)12-22-20(26)17-13-27-21(23-17)14-5-3-2-4-6-14/h2-8,11,13,19,25H,9-10,12H2,1H3,(H,22,26)/t19-/m0/s1. The lowest BCUT2D eigenvalue weighted by atomic mass is 10.0. The molecule has 1 amide bonds. The number of carbonyl (C=O) groups excluding carboxylic acids is 1. The lowest BCUT2D eigenvalue weighted by molar-refractivity contribution is 0.0912. The number of carbonyl (C=O) groups is 1. The Kier molecular flexibility index (Phi) is 4.92. The highest BCUT2D eigenvalue weighted by atomic mass is 32.1. The van der Waals surface area contributed by atoms with Gasteiger partial charge in [-0.2, -0.15) is 0 Å². The molecule has 2 aromatic carbocycles. The molecule has 0 spiro atoms. The van der Waals surface area contributed by atoms with Crippen LogP contribution >= 0.6 is 11.3 Å². The fraction of sp³-hybridized carbons (Fsp3) is 0.238. The molecule has 4 rings (SSSR count). The molecular formula is C21H21N3O2S. The maximum atomic E-state index is 12.4. The minimum Gasteiger partial charge on any atom is -0.387 e. The number of thiazole rings is 1. The van der Waals surface area contributed by atoms with Crippen molar-refractivity contribution >= 4 is 22.9 Å². The van der Waals surface area contributed by atoms with E-state index in [9.17, 15) is 9.90 Å². The summed E-state index contributed by atoms with van der Waals surface area (Å²) in [5.74, 6) is -0.270. The second-order valence-corrected chi connectivity index (χ2v) is 7.55. The van der Waals surface area contributed by atoms with Gasteiger partial charge in [0.1, 0.15) is 10.7 Å². The Morgan fingerprint density at radius 3 is 2.93 bits per heavy atom. The smallest absolute Gasteiger partial charge is 0.270 e. The number of aliphatic hydroxyl groups is 1. The number of rotatable bonds is 5. The number of anilines is 1. The number of benzene rings is 2. The molecule has 2 N–H and O–H groups in total. The highest BCUT2D eigenvalue weighted by molar-refractivity contribution is 7.13. The Balaban J connectivity index is 1.39. The molecule has 0 saturated heterocycles. The van der Waals surface area contributed by atoms with Crippen molar-refractivity contribution in [3.63, 3.8) is 0 Å². The van der Waals surface area contributed by atoms with Crippen LogP contribution in [0.2, 0.25) is 0 Å². The van der Waals surface area contributed by atoms with E-state index in [4.69, 9.17) is 0 Å². The number of amides is 1. The Hall–Kier alpha value is -2.70. The summed E-state index contributed by atoms with van der Waals surface area (Å²) in [6.45, 7) is 1.16. The first-order chi connectivity index (χ1) is 13.1. The van der Waals surface area contributed by atoms with Gasteiger partial charge in [-0.3, -0.25) is 4.79 Å². The summed E-state index contributed by atoms with van der Waals surface area (Å²) in [7, 11) is 2.07. The van der Waals surface area contributed by atoms with Crippen LogP contribution in [-0.2, 0) is 6.42 Å². The zero-order valence-corrected chi connectivity index (χ0v) is 15.9. The van der Waals surface area contributed by atoms with Crippen molar-refractivity contribution in [2.75, 3.05) is 25.0 Å². The average Bonchev–Trinajstić information content (AvgIpc) is 3.34. The predicted octanol–water partition coefficient (Wildman–Crippen LogP) is 3.27. The molecule has 3 aromatic rings. The van der Waals surface area contributed by atoms with Gasteiger partial charge in [-0.15, -0.1) is 11.3 Å². The molecule has 1 aliphatic rings. The molecule has 138 valence electrons. The van der Waals surface area contributed by atoms with Crippen LogP contribution < -0.4 is 10.2 Å². The van der Waals surface area contributed by atoms with E-state index in [1.165, 1.54) is 22.6 Å². The van der Waals surface area contributed by atoms with Crippen molar-refractivity contribution in [1.29, 1.82) is 0 Å². The summed E-state index contributed by atoms with van der Waals surface area (Å²) in [5, 5.41) is 15.8. The first kappa shape index (κ1) is 17.7. The summed E-state index contributed by atoms with van der Waals surface area (Å²) >= 11 is 1.44. The average molecular weight is 379 g/mol. The van der Waals surface area contributed by atoms with Gasteiger partial charge in [-0.25, -0.2) is 4.98 Å². The number of hydrogen-bond acceptors (Lipinski definition) is 5. The van der Waals surface area contributed by atoms with Crippen LogP contribution in [0.4, 0.5) is 5.69 Å². The van der Waals surface area contributed by atoms with E-state index in [0.29, 0.717) is 5.69 Å². The zero-order valence-electron chi connectivity index (χ0n) is 15.1. The fourth-order valence-electron chi connectivity index (χ4n) is 3.28. The van der Waals surface area contributed by atoms with E-state index in [1.54, 1.807) is 5.38 Å². The van der Waals surface area contributed by atoms with Gasteiger partial charge in [-0.05, 0) is 23.6 Å². The van der Waals surface area contributed by atoms with Gasteiger partial charge < -0.3 is 15.3 Å². The molecule has 0 unspecified atom stereocenters. The largest absolute Gasteiger partial charge is 0.387 e. The van der Waals surface area contributed by atoms with Crippen LogP contribution in [0.15, 0.2) is 53.9 Å². The van der Waals surface area contributed by atoms with E-state index in [2.05, 4.69) is 22.2 Å². The third-order valence-corrected chi connectivity index (χ3v) is 5.72. The minimum atomic E-state index is -0.739. The molecule has 2 heterocycles. The normalized spacial score (nSPS) is 14.1. The van der Waals surface area contributed by atoms with E-state index in [1.807, 2.05) is 48.5 Å². The Morgan fingerprint density at radius 1 is 1.30 bits per heavy atom. The van der Waals surface area contributed by atoms with E-state index < -0.39 is 6.10 Å². The number of nitrogens with zero attached hydrogens (tertiary/aromatic N) is 2. The fourth-order valence-corrected chi connectivity index (χ4v) is 4.09. The van der Waals surface area contributed by atoms with Crippen LogP contribution in [0, 0.1) is 0 Å². The van der Waals surface area contributed by atoms with Crippen molar-refractivity contribution < 1.29 is 9.90 Å². The quantitative estimate of drug-likeness (QED) is 0.714. The Bertz CT molecular complexity index is 955. The van der Waals surface area contributed by atoms with Gasteiger partial charge in [0, 0.05) is 36.8 Å². The van der Waals surface area contributed by atoms with Gasteiger partial charge in [0.05, 0.1) is 6.10 Å². The zero-order chi connectivity index (χ0) is 18.8. The molecular weight excluding hydrogens is 358 g/mol. The highest BCUT2D eigenvalue weighted by Gasteiger charge is 2.19. The Labute approximate surface area is 162 Å². The van der Waals surface area contributed by atoms with Gasteiger partial charge in [-0.1, -0.05) is 42.5 Å². The first-order valence-electron chi connectivity index (χ1n) is 8.93. The molecule has 0 radical (unpaired) electrons. The SMILES string of the molecule is CN1CCc2cc([C@@H](O)CNC(=O)c3csc(-c4ccccc4)n3)ccc21. The highest BCUT2D eigenvalue weighted by Crippen LogP contribution is 2.29. The number of hydrogen-bond donors (Lipinski definition) is 2. The number of nitrogens with one attached hydrogen (secondary N) is 1. The van der Waals surface area contributed by atoms with Crippen LogP contribution in [0.3, 0.4) is 0 Å². The molecule has 1 aromatic heterocycles. The third kappa shape index (κ3) is 3.72. The maximum absolute atomic E-state index is 12.4. The van der Waals surface area contributed by atoms with Crippen LogP contribution in [0.1, 0.15) is 27.7 Å². The van der Waals surface area contributed by atoms with Crippen molar-refractivity contribution in [1.82, 2.24) is 10.3 Å². The number of aromatic nitrogens is 1. The van der Waals surface area contributed by atoms with E-state index in [-0.39, 0.29) is 12.5 Å². The van der Waals surface area contributed by atoms with Crippen LogP contribution in [-0.4, -0.2) is 36.1 Å². The van der Waals surface area contributed by atoms with Crippen molar-refractivity contribution in [2.24, 2.45) is 0 Å². The summed E-state index contributed by atoms with van der Waals surface area (Å²) in [4.78, 5) is 19.0. The predicted molar refractivity (Wildman–Crippen MR) is 108 cm³/mol. The molecule has 0 fully saturated rings. The van der Waals surface area contributed by atoms with Crippen LogP contribution in [0.5, 0.6) is 0 Å². The Morgan fingerprint density at radius 2 is 2.11 bits per heavy atom. The first-order valence-corrected chi connectivity index (χ1v) is 9.81. The molecule has 0 aliphatic carbocycles. The number of aliphatic hydroxyl groups excluding tert-OH is 1. The molecule has 6 heteroatoms. The molecule has 0 bridgehead atoms. The van der Waals surface area contributed by atoms with Crippen molar-refractivity contribution in [2.45, 2.75) is 12.5 Å². The second kappa shape index (κ2) is 7.50. The summed E-state index contributed by atoms with van der Waals surface area (Å²) in [6, 6.07) is 15.8. The number of fused-ring (bicyclic) bond motifs is 1. The minimum absolute atomic E-state index is 0.158. The lowest BCUT2D eigenvalue weighted by Crippen LogP contribution is -2.28. The molecule has 0 saturated carbocycles. The number of likely N-dealkylation sites (N-methyl/N-ethyl adjacent to an activating group) is 1. The van der Waals surface area contributed by atoms with Gasteiger partial charge in [0.25, 0.3) is 5.91 Å². The summed E-state index contributed by atoms with van der Waals surface area (Å²) < 4.78 is 0.